The van der Waals surface area contributed by atoms with Gasteiger partial charge in [-0.25, -0.2) is 14.8 Å². The van der Waals surface area contributed by atoms with E-state index in [4.69, 9.17) is 4.74 Å². The number of ether oxygens (including phenoxy) is 1. The summed E-state index contributed by atoms with van der Waals surface area (Å²) in [6, 6.07) is 9.10. The zero-order valence-corrected chi connectivity index (χ0v) is 17.6. The van der Waals surface area contributed by atoms with Gasteiger partial charge in [-0.2, -0.15) is 9.78 Å². The van der Waals surface area contributed by atoms with Gasteiger partial charge in [0.1, 0.15) is 5.82 Å². The number of non-ortho nitro benzene ring substituents is 1. The Morgan fingerprint density at radius 2 is 1.75 bits per heavy atom. The van der Waals surface area contributed by atoms with Crippen LogP contribution >= 0.6 is 0 Å². The van der Waals surface area contributed by atoms with E-state index in [1.807, 2.05) is 19.9 Å². The molecule has 2 heterocycles. The summed E-state index contributed by atoms with van der Waals surface area (Å²) in [4.78, 5) is 43.0. The highest BCUT2D eigenvalue weighted by molar-refractivity contribution is 5.94. The van der Waals surface area contributed by atoms with Gasteiger partial charge in [-0.1, -0.05) is 0 Å². The number of rotatable bonds is 7. The van der Waals surface area contributed by atoms with E-state index < -0.39 is 23.4 Å². The Kier molecular flexibility index (Phi) is 6.68. The van der Waals surface area contributed by atoms with Gasteiger partial charge in [-0.15, -0.1) is 0 Å². The van der Waals surface area contributed by atoms with Crippen LogP contribution in [0.4, 0.5) is 11.5 Å². The molecule has 0 atom stereocenters. The first-order chi connectivity index (χ1) is 15.2. The van der Waals surface area contributed by atoms with Crippen molar-refractivity contribution in [3.05, 3.63) is 75.2 Å². The van der Waals surface area contributed by atoms with Crippen molar-refractivity contribution in [2.24, 2.45) is 0 Å². The second kappa shape index (κ2) is 9.60. The van der Waals surface area contributed by atoms with Crippen molar-refractivity contribution in [2.75, 3.05) is 11.9 Å². The number of anilines is 1. The molecule has 11 nitrogen and oxygen atoms in total. The summed E-state index contributed by atoms with van der Waals surface area (Å²) in [6.07, 6.45) is 2.56. The first-order valence-corrected chi connectivity index (χ1v) is 9.50. The molecule has 0 aliphatic rings. The van der Waals surface area contributed by atoms with Gasteiger partial charge in [0.15, 0.2) is 6.61 Å². The van der Waals surface area contributed by atoms with Crippen molar-refractivity contribution in [2.45, 2.75) is 20.8 Å². The fourth-order valence-corrected chi connectivity index (χ4v) is 2.78. The highest BCUT2D eigenvalue weighted by Gasteiger charge is 2.14. The van der Waals surface area contributed by atoms with E-state index in [9.17, 15) is 19.7 Å². The van der Waals surface area contributed by atoms with Gasteiger partial charge in [0.2, 0.25) is 0 Å². The molecule has 11 heteroatoms. The SMILES string of the molecule is Cc1cc(C)nc(-n2nc(C)cc2NC(=O)COC(=O)/C=C/c2ccc([N+](=O)[O-])cc2)n1. The number of carbonyl (C=O) groups excluding carboxylic acids is 2. The van der Waals surface area contributed by atoms with Crippen LogP contribution in [0, 0.1) is 30.9 Å². The second-order valence-electron chi connectivity index (χ2n) is 6.87. The number of nitro benzene ring substituents is 1. The van der Waals surface area contributed by atoms with Crippen LogP contribution in [-0.2, 0) is 14.3 Å². The van der Waals surface area contributed by atoms with Crippen LogP contribution in [0.25, 0.3) is 12.0 Å². The number of carbonyl (C=O) groups is 2. The quantitative estimate of drug-likeness (QED) is 0.258. The molecule has 0 radical (unpaired) electrons. The zero-order chi connectivity index (χ0) is 23.3. The van der Waals surface area contributed by atoms with E-state index in [-0.39, 0.29) is 5.69 Å². The van der Waals surface area contributed by atoms with Gasteiger partial charge < -0.3 is 10.1 Å². The minimum absolute atomic E-state index is 0.0536. The van der Waals surface area contributed by atoms with Gasteiger partial charge in [-0.05, 0) is 50.6 Å². The van der Waals surface area contributed by atoms with Crippen LogP contribution < -0.4 is 5.32 Å². The molecule has 1 N–H and O–H groups in total. The fourth-order valence-electron chi connectivity index (χ4n) is 2.78. The summed E-state index contributed by atoms with van der Waals surface area (Å²) in [5.41, 5.74) is 2.68. The number of amides is 1. The summed E-state index contributed by atoms with van der Waals surface area (Å²) in [5, 5.41) is 17.6. The van der Waals surface area contributed by atoms with Crippen molar-refractivity contribution in [3.8, 4) is 5.95 Å². The van der Waals surface area contributed by atoms with Crippen LogP contribution in [0.2, 0.25) is 0 Å². The third-order valence-corrected chi connectivity index (χ3v) is 4.12. The molecule has 0 spiro atoms. The maximum Gasteiger partial charge on any atom is 0.331 e. The number of benzene rings is 1. The molecule has 0 aliphatic carbocycles. The molecule has 0 unspecified atom stereocenters. The largest absolute Gasteiger partial charge is 0.452 e. The minimum Gasteiger partial charge on any atom is -0.452 e. The summed E-state index contributed by atoms with van der Waals surface area (Å²) >= 11 is 0. The summed E-state index contributed by atoms with van der Waals surface area (Å²) in [5.74, 6) is -0.641. The molecule has 1 amide bonds. The molecule has 0 saturated carbocycles. The highest BCUT2D eigenvalue weighted by Crippen LogP contribution is 2.15. The van der Waals surface area contributed by atoms with E-state index in [1.165, 1.54) is 35.0 Å². The molecule has 0 aliphatic heterocycles. The van der Waals surface area contributed by atoms with Crippen LogP contribution in [-0.4, -0.2) is 43.2 Å². The molecular formula is C21H20N6O5. The lowest BCUT2D eigenvalue weighted by molar-refractivity contribution is -0.384. The molecule has 3 aromatic rings. The Hall–Kier alpha value is -4.41. The first-order valence-electron chi connectivity index (χ1n) is 9.50. The van der Waals surface area contributed by atoms with Crippen LogP contribution in [0.1, 0.15) is 22.6 Å². The lowest BCUT2D eigenvalue weighted by Crippen LogP contribution is -2.22. The fraction of sp³-hybridized carbons (Fsp3) is 0.190. The smallest absolute Gasteiger partial charge is 0.331 e. The standard InChI is InChI=1S/C21H20N6O5/c1-13-10-14(2)23-21(22-13)26-18(11-15(3)25-26)24-19(28)12-32-20(29)9-6-16-4-7-17(8-5-16)27(30)31/h4-11H,12H2,1-3H3,(H,24,28)/b9-6+. The Morgan fingerprint density at radius 3 is 2.38 bits per heavy atom. The highest BCUT2D eigenvalue weighted by atomic mass is 16.6. The van der Waals surface area contributed by atoms with Gasteiger partial charge in [0.05, 0.1) is 10.6 Å². The minimum atomic E-state index is -0.735. The van der Waals surface area contributed by atoms with Crippen molar-refractivity contribution in [1.29, 1.82) is 0 Å². The van der Waals surface area contributed by atoms with E-state index >= 15 is 0 Å². The monoisotopic (exact) mass is 436 g/mol. The van der Waals surface area contributed by atoms with Gasteiger partial charge >= 0.3 is 5.97 Å². The molecule has 32 heavy (non-hydrogen) atoms. The molecule has 1 aromatic carbocycles. The number of aryl methyl sites for hydroxylation is 3. The average Bonchev–Trinajstić information content (AvgIpc) is 3.10. The number of nitrogens with zero attached hydrogens (tertiary/aromatic N) is 5. The van der Waals surface area contributed by atoms with E-state index in [1.54, 1.807) is 13.0 Å². The maximum atomic E-state index is 12.3. The van der Waals surface area contributed by atoms with Crippen LogP contribution in [0.5, 0.6) is 0 Å². The zero-order valence-electron chi connectivity index (χ0n) is 17.6. The molecule has 0 fully saturated rings. The van der Waals surface area contributed by atoms with Crippen LogP contribution in [0.15, 0.2) is 42.5 Å². The molecule has 164 valence electrons. The predicted octanol–water partition coefficient (Wildman–Crippen LogP) is 2.69. The summed E-state index contributed by atoms with van der Waals surface area (Å²) in [6.45, 7) is 4.91. The Morgan fingerprint density at radius 1 is 1.09 bits per heavy atom. The number of nitrogens with one attached hydrogen (secondary N) is 1. The van der Waals surface area contributed by atoms with E-state index in [0.717, 1.165) is 17.5 Å². The topological polar surface area (TPSA) is 142 Å². The predicted molar refractivity (Wildman–Crippen MR) is 115 cm³/mol. The van der Waals surface area contributed by atoms with Crippen molar-refractivity contribution in [3.63, 3.8) is 0 Å². The van der Waals surface area contributed by atoms with Crippen molar-refractivity contribution >= 4 is 29.5 Å². The molecular weight excluding hydrogens is 416 g/mol. The molecule has 0 bridgehead atoms. The number of aromatic nitrogens is 4. The lowest BCUT2D eigenvalue weighted by atomic mass is 10.2. The first kappa shape index (κ1) is 22.3. The molecule has 0 saturated heterocycles. The second-order valence-corrected chi connectivity index (χ2v) is 6.87. The van der Waals surface area contributed by atoms with E-state index in [0.29, 0.717) is 23.0 Å². The van der Waals surface area contributed by atoms with Gasteiger partial charge in [0.25, 0.3) is 17.5 Å². The van der Waals surface area contributed by atoms with Crippen LogP contribution in [0.3, 0.4) is 0 Å². The maximum absolute atomic E-state index is 12.3. The molecule has 2 aromatic heterocycles. The van der Waals surface area contributed by atoms with Gasteiger partial charge in [0, 0.05) is 35.7 Å². The van der Waals surface area contributed by atoms with Gasteiger partial charge in [-0.3, -0.25) is 14.9 Å². The van der Waals surface area contributed by atoms with Crippen molar-refractivity contribution in [1.82, 2.24) is 19.7 Å². The Balaban J connectivity index is 1.59. The Bertz CT molecular complexity index is 1180. The molecule has 3 rings (SSSR count). The Labute approximate surface area is 182 Å². The lowest BCUT2D eigenvalue weighted by Gasteiger charge is -2.09. The number of hydrogen-bond acceptors (Lipinski definition) is 8. The summed E-state index contributed by atoms with van der Waals surface area (Å²) in [7, 11) is 0. The average molecular weight is 436 g/mol. The number of esters is 1. The van der Waals surface area contributed by atoms with Crippen molar-refractivity contribution < 1.29 is 19.2 Å². The number of nitro groups is 1. The third kappa shape index (κ3) is 5.81. The van der Waals surface area contributed by atoms with E-state index in [2.05, 4.69) is 20.4 Å². The summed E-state index contributed by atoms with van der Waals surface area (Å²) < 4.78 is 6.35. The third-order valence-electron chi connectivity index (χ3n) is 4.12. The normalized spacial score (nSPS) is 10.8. The number of hydrogen-bond donors (Lipinski definition) is 1.